The van der Waals surface area contributed by atoms with Crippen LogP contribution in [0.15, 0.2) is 48.5 Å². The van der Waals surface area contributed by atoms with Crippen LogP contribution in [0.2, 0.25) is 0 Å². The van der Waals surface area contributed by atoms with Crippen molar-refractivity contribution in [3.63, 3.8) is 0 Å². The Balaban J connectivity index is 1.37. The third-order valence-corrected chi connectivity index (χ3v) is 5.30. The number of rotatable bonds is 4. The zero-order valence-electron chi connectivity index (χ0n) is 15.5. The second-order valence-corrected chi connectivity index (χ2v) is 7.17. The van der Waals surface area contributed by atoms with Gasteiger partial charge in [0, 0.05) is 30.9 Å². The molecule has 1 fully saturated rings. The van der Waals surface area contributed by atoms with Crippen LogP contribution in [0.1, 0.15) is 22.3 Å². The largest absolute Gasteiger partial charge is 0.493 e. The summed E-state index contributed by atoms with van der Waals surface area (Å²) in [4.78, 5) is 14.9. The van der Waals surface area contributed by atoms with E-state index in [-0.39, 0.29) is 5.91 Å². The maximum Gasteiger partial charge on any atom is 0.251 e. The van der Waals surface area contributed by atoms with Gasteiger partial charge in [-0.2, -0.15) is 0 Å². The molecule has 0 aliphatic carbocycles. The molecule has 27 heavy (non-hydrogen) atoms. The van der Waals surface area contributed by atoms with Gasteiger partial charge in [0.2, 0.25) is 0 Å². The second-order valence-electron chi connectivity index (χ2n) is 7.17. The number of morpholine rings is 1. The Morgan fingerprint density at radius 2 is 1.93 bits per heavy atom. The number of benzene rings is 2. The normalized spacial score (nSPS) is 19.6. The van der Waals surface area contributed by atoms with Gasteiger partial charge < -0.3 is 19.7 Å². The molecule has 1 atom stereocenters. The highest BCUT2D eigenvalue weighted by Crippen LogP contribution is 2.26. The van der Waals surface area contributed by atoms with Crippen molar-refractivity contribution < 1.29 is 14.3 Å². The molecule has 2 aromatic rings. The van der Waals surface area contributed by atoms with Crippen LogP contribution in [0.25, 0.3) is 0 Å². The Kier molecular flexibility index (Phi) is 5.58. The first-order valence-corrected chi connectivity index (χ1v) is 9.71. The van der Waals surface area contributed by atoms with Crippen molar-refractivity contribution in [2.24, 2.45) is 5.92 Å². The van der Waals surface area contributed by atoms with Gasteiger partial charge in [0.1, 0.15) is 5.75 Å². The fourth-order valence-corrected chi connectivity index (χ4v) is 3.74. The molecule has 0 radical (unpaired) electrons. The number of nitrogens with one attached hydrogen (secondary N) is 1. The van der Waals surface area contributed by atoms with Gasteiger partial charge in [-0.1, -0.05) is 24.3 Å². The maximum absolute atomic E-state index is 12.7. The molecule has 4 rings (SSSR count). The molecule has 2 aliphatic heterocycles. The van der Waals surface area contributed by atoms with Crippen LogP contribution in [0.4, 0.5) is 5.69 Å². The standard InChI is InChI=1S/C22H26N2O3/c25-22(19-5-3-6-20(15-19)24-9-12-26-13-10-24)23-16-17-8-11-27-21-7-2-1-4-18(21)14-17/h1-7,15,17H,8-14,16H2,(H,23,25)/t17-/m0/s1. The van der Waals surface area contributed by atoms with Crippen molar-refractivity contribution in [2.75, 3.05) is 44.4 Å². The number of ether oxygens (including phenoxy) is 2. The van der Waals surface area contributed by atoms with Crippen LogP contribution in [-0.4, -0.2) is 45.4 Å². The van der Waals surface area contributed by atoms with Gasteiger partial charge in [-0.05, 0) is 48.6 Å². The summed E-state index contributed by atoms with van der Waals surface area (Å²) >= 11 is 0. The molecule has 5 nitrogen and oxygen atoms in total. The van der Waals surface area contributed by atoms with Crippen molar-refractivity contribution in [3.05, 3.63) is 59.7 Å². The summed E-state index contributed by atoms with van der Waals surface area (Å²) in [6.45, 7) is 4.57. The molecule has 1 amide bonds. The van der Waals surface area contributed by atoms with E-state index in [2.05, 4.69) is 22.3 Å². The fourth-order valence-electron chi connectivity index (χ4n) is 3.74. The van der Waals surface area contributed by atoms with E-state index in [0.717, 1.165) is 50.6 Å². The third kappa shape index (κ3) is 4.42. The molecular weight excluding hydrogens is 340 g/mol. The van der Waals surface area contributed by atoms with E-state index in [4.69, 9.17) is 9.47 Å². The van der Waals surface area contributed by atoms with E-state index in [1.165, 1.54) is 5.56 Å². The van der Waals surface area contributed by atoms with Gasteiger partial charge >= 0.3 is 0 Å². The van der Waals surface area contributed by atoms with Gasteiger partial charge in [0.15, 0.2) is 0 Å². The van der Waals surface area contributed by atoms with Crippen molar-refractivity contribution in [1.29, 1.82) is 0 Å². The monoisotopic (exact) mass is 366 g/mol. The van der Waals surface area contributed by atoms with Crippen molar-refractivity contribution in [2.45, 2.75) is 12.8 Å². The molecule has 1 saturated heterocycles. The first kappa shape index (κ1) is 17.9. The summed E-state index contributed by atoms with van der Waals surface area (Å²) in [5.41, 5.74) is 3.02. The Morgan fingerprint density at radius 3 is 2.81 bits per heavy atom. The quantitative estimate of drug-likeness (QED) is 0.904. The maximum atomic E-state index is 12.7. The Bertz CT molecular complexity index is 787. The van der Waals surface area contributed by atoms with Crippen LogP contribution in [0.3, 0.4) is 0 Å². The van der Waals surface area contributed by atoms with E-state index in [1.807, 2.05) is 36.4 Å². The van der Waals surface area contributed by atoms with Crippen LogP contribution in [0, 0.1) is 5.92 Å². The Labute approximate surface area is 160 Å². The first-order chi connectivity index (χ1) is 13.3. The van der Waals surface area contributed by atoms with E-state index >= 15 is 0 Å². The topological polar surface area (TPSA) is 50.8 Å². The second kappa shape index (κ2) is 8.44. The van der Waals surface area contributed by atoms with Crippen molar-refractivity contribution in [1.82, 2.24) is 5.32 Å². The van der Waals surface area contributed by atoms with E-state index in [9.17, 15) is 4.79 Å². The van der Waals surface area contributed by atoms with Crippen LogP contribution < -0.4 is 15.0 Å². The summed E-state index contributed by atoms with van der Waals surface area (Å²) in [5.74, 6) is 1.35. The zero-order valence-corrected chi connectivity index (χ0v) is 15.5. The van der Waals surface area contributed by atoms with Gasteiger partial charge in [0.05, 0.1) is 19.8 Å². The van der Waals surface area contributed by atoms with E-state index in [0.29, 0.717) is 24.6 Å². The number of carbonyl (C=O) groups is 1. The van der Waals surface area contributed by atoms with Gasteiger partial charge in [-0.25, -0.2) is 0 Å². The smallest absolute Gasteiger partial charge is 0.251 e. The number of fused-ring (bicyclic) bond motifs is 1. The van der Waals surface area contributed by atoms with Gasteiger partial charge in [-0.3, -0.25) is 4.79 Å². The highest BCUT2D eigenvalue weighted by atomic mass is 16.5. The third-order valence-electron chi connectivity index (χ3n) is 5.30. The summed E-state index contributed by atoms with van der Waals surface area (Å²) in [6, 6.07) is 16.0. The number of hydrogen-bond acceptors (Lipinski definition) is 4. The molecule has 2 aliphatic rings. The highest BCUT2D eigenvalue weighted by Gasteiger charge is 2.19. The number of carbonyl (C=O) groups excluding carboxylic acids is 1. The number of hydrogen-bond donors (Lipinski definition) is 1. The molecule has 0 unspecified atom stereocenters. The lowest BCUT2D eigenvalue weighted by atomic mass is 9.97. The molecule has 0 saturated carbocycles. The molecule has 0 bridgehead atoms. The Hall–Kier alpha value is -2.53. The lowest BCUT2D eigenvalue weighted by molar-refractivity contribution is 0.0945. The molecule has 5 heteroatoms. The summed E-state index contributed by atoms with van der Waals surface area (Å²) in [6.07, 6.45) is 1.88. The SMILES string of the molecule is O=C(NC[C@H]1CCOc2ccccc2C1)c1cccc(N2CCOCC2)c1. The number of nitrogens with zero attached hydrogens (tertiary/aromatic N) is 1. The molecule has 2 aromatic carbocycles. The summed E-state index contributed by atoms with van der Waals surface area (Å²) < 4.78 is 11.2. The predicted octanol–water partition coefficient (Wildman–Crippen LogP) is 2.89. The van der Waals surface area contributed by atoms with Crippen LogP contribution >= 0.6 is 0 Å². The molecule has 2 heterocycles. The first-order valence-electron chi connectivity index (χ1n) is 9.71. The predicted molar refractivity (Wildman–Crippen MR) is 106 cm³/mol. The summed E-state index contributed by atoms with van der Waals surface area (Å²) in [5, 5.41) is 3.12. The fraction of sp³-hybridized carbons (Fsp3) is 0.409. The van der Waals surface area contributed by atoms with Gasteiger partial charge in [-0.15, -0.1) is 0 Å². The zero-order chi connectivity index (χ0) is 18.5. The van der Waals surface area contributed by atoms with Crippen LogP contribution in [0.5, 0.6) is 5.75 Å². The minimum absolute atomic E-state index is 0.0106. The lowest BCUT2D eigenvalue weighted by Crippen LogP contribution is -2.36. The number of amides is 1. The average Bonchev–Trinajstić information content (AvgIpc) is 2.94. The number of anilines is 1. The van der Waals surface area contributed by atoms with Crippen LogP contribution in [-0.2, 0) is 11.2 Å². The summed E-state index contributed by atoms with van der Waals surface area (Å²) in [7, 11) is 0. The minimum atomic E-state index is -0.0106. The number of para-hydroxylation sites is 1. The van der Waals surface area contributed by atoms with Gasteiger partial charge in [0.25, 0.3) is 5.91 Å². The average molecular weight is 366 g/mol. The molecular formula is C22H26N2O3. The lowest BCUT2D eigenvalue weighted by Gasteiger charge is -2.29. The van der Waals surface area contributed by atoms with E-state index in [1.54, 1.807) is 0 Å². The van der Waals surface area contributed by atoms with E-state index < -0.39 is 0 Å². The molecule has 0 spiro atoms. The van der Waals surface area contributed by atoms with Crippen molar-refractivity contribution in [3.8, 4) is 5.75 Å². The minimum Gasteiger partial charge on any atom is -0.493 e. The molecule has 1 N–H and O–H groups in total. The van der Waals surface area contributed by atoms with Crippen molar-refractivity contribution >= 4 is 11.6 Å². The highest BCUT2D eigenvalue weighted by molar-refractivity contribution is 5.95. The molecule has 142 valence electrons. The Morgan fingerprint density at radius 1 is 1.07 bits per heavy atom. The molecule has 0 aromatic heterocycles.